The Morgan fingerprint density at radius 1 is 1.29 bits per heavy atom. The molecule has 0 spiro atoms. The van der Waals surface area contributed by atoms with Crippen LogP contribution in [0.2, 0.25) is 0 Å². The summed E-state index contributed by atoms with van der Waals surface area (Å²) in [5.41, 5.74) is 8.03. The summed E-state index contributed by atoms with van der Waals surface area (Å²) in [4.78, 5) is 4.58. The summed E-state index contributed by atoms with van der Waals surface area (Å²) in [6.07, 6.45) is 2.08. The first-order chi connectivity index (χ1) is 7.90. The molecule has 2 N–H and O–H groups in total. The molecular weight excluding hydrogens is 212 g/mol. The summed E-state index contributed by atoms with van der Waals surface area (Å²) < 4.78 is 1.91. The fourth-order valence-corrected chi connectivity index (χ4v) is 1.99. The van der Waals surface area contributed by atoms with Crippen molar-refractivity contribution in [3.63, 3.8) is 0 Å². The van der Waals surface area contributed by atoms with E-state index in [-0.39, 0.29) is 11.0 Å². The van der Waals surface area contributed by atoms with Crippen LogP contribution in [-0.4, -0.2) is 14.6 Å². The quantitative estimate of drug-likeness (QED) is 0.815. The number of hydrogen-bond donors (Lipinski definition) is 1. The highest BCUT2D eigenvalue weighted by Gasteiger charge is 2.42. The Hall–Kier alpha value is -1.42. The van der Waals surface area contributed by atoms with Gasteiger partial charge in [0.1, 0.15) is 0 Å². The van der Waals surface area contributed by atoms with Crippen molar-refractivity contribution in [1.82, 2.24) is 14.6 Å². The first-order valence-corrected chi connectivity index (χ1v) is 6.06. The molecule has 1 aliphatic carbocycles. The monoisotopic (exact) mass is 230 g/mol. The van der Waals surface area contributed by atoms with E-state index in [9.17, 15) is 0 Å². The van der Waals surface area contributed by atoms with Crippen molar-refractivity contribution in [3.05, 3.63) is 29.7 Å². The molecule has 0 aromatic carbocycles. The van der Waals surface area contributed by atoms with E-state index in [0.29, 0.717) is 0 Å². The number of nitrogens with two attached hydrogens (primary N) is 1. The van der Waals surface area contributed by atoms with Gasteiger partial charge in [0.2, 0.25) is 0 Å². The molecule has 0 amide bonds. The molecule has 0 unspecified atom stereocenters. The Morgan fingerprint density at radius 3 is 2.59 bits per heavy atom. The molecule has 17 heavy (non-hydrogen) atoms. The van der Waals surface area contributed by atoms with Crippen molar-refractivity contribution < 1.29 is 0 Å². The predicted octanol–water partition coefficient (Wildman–Crippen LogP) is 1.97. The molecule has 0 bridgehead atoms. The fourth-order valence-electron chi connectivity index (χ4n) is 1.99. The Labute approximate surface area is 101 Å². The van der Waals surface area contributed by atoms with E-state index in [1.165, 1.54) is 0 Å². The molecule has 1 aliphatic rings. The summed E-state index contributed by atoms with van der Waals surface area (Å²) >= 11 is 0. The molecule has 1 saturated carbocycles. The molecule has 0 atom stereocenters. The fraction of sp³-hybridized carbons (Fsp3) is 0.538. The van der Waals surface area contributed by atoms with Crippen LogP contribution in [0, 0.1) is 0 Å². The summed E-state index contributed by atoms with van der Waals surface area (Å²) in [7, 11) is 0. The van der Waals surface area contributed by atoms with E-state index >= 15 is 0 Å². The van der Waals surface area contributed by atoms with Gasteiger partial charge in [0.05, 0.1) is 11.2 Å². The Morgan fingerprint density at radius 2 is 2.00 bits per heavy atom. The van der Waals surface area contributed by atoms with Crippen LogP contribution in [0.15, 0.2) is 18.2 Å². The minimum atomic E-state index is -0.178. The lowest BCUT2D eigenvalue weighted by Crippen LogP contribution is -2.23. The van der Waals surface area contributed by atoms with E-state index in [1.807, 2.05) is 16.6 Å². The maximum Gasteiger partial charge on any atom is 0.157 e. The maximum atomic E-state index is 6.26. The minimum Gasteiger partial charge on any atom is -0.320 e. The summed E-state index contributed by atoms with van der Waals surface area (Å²) in [5, 5.41) is 4.62. The Bertz CT molecular complexity index is 573. The third-order valence-corrected chi connectivity index (χ3v) is 3.33. The Balaban J connectivity index is 2.22. The van der Waals surface area contributed by atoms with Crippen LogP contribution in [0.4, 0.5) is 0 Å². The van der Waals surface area contributed by atoms with Crippen molar-refractivity contribution in [3.8, 4) is 0 Å². The van der Waals surface area contributed by atoms with Crippen LogP contribution in [0.25, 0.3) is 5.65 Å². The third kappa shape index (κ3) is 1.63. The average molecular weight is 230 g/mol. The highest BCUT2D eigenvalue weighted by molar-refractivity contribution is 5.42. The summed E-state index contributed by atoms with van der Waals surface area (Å²) in [6.45, 7) is 6.37. The van der Waals surface area contributed by atoms with Gasteiger partial charge in [0.15, 0.2) is 11.5 Å². The van der Waals surface area contributed by atoms with Gasteiger partial charge in [-0.3, -0.25) is 0 Å². The number of fused-ring (bicyclic) bond motifs is 1. The van der Waals surface area contributed by atoms with Crippen molar-refractivity contribution in [2.24, 2.45) is 5.73 Å². The van der Waals surface area contributed by atoms with E-state index in [0.717, 1.165) is 30.0 Å². The minimum absolute atomic E-state index is 0.0331. The van der Waals surface area contributed by atoms with E-state index in [4.69, 9.17) is 5.73 Å². The van der Waals surface area contributed by atoms with E-state index in [1.54, 1.807) is 0 Å². The maximum absolute atomic E-state index is 6.26. The second-order valence-electron chi connectivity index (χ2n) is 6.02. The first kappa shape index (κ1) is 10.7. The molecule has 90 valence electrons. The summed E-state index contributed by atoms with van der Waals surface area (Å²) in [5.74, 6) is 0.870. The lowest BCUT2D eigenvalue weighted by Gasteiger charge is -2.12. The van der Waals surface area contributed by atoms with Gasteiger partial charge in [0.25, 0.3) is 0 Å². The average Bonchev–Trinajstić information content (AvgIpc) is 2.83. The van der Waals surface area contributed by atoms with Crippen LogP contribution in [0.3, 0.4) is 0 Å². The van der Waals surface area contributed by atoms with Gasteiger partial charge in [-0.1, -0.05) is 26.8 Å². The molecule has 0 radical (unpaired) electrons. The van der Waals surface area contributed by atoms with E-state index < -0.39 is 0 Å². The van der Waals surface area contributed by atoms with Crippen LogP contribution in [-0.2, 0) is 11.0 Å². The highest BCUT2D eigenvalue weighted by atomic mass is 15.3. The van der Waals surface area contributed by atoms with Gasteiger partial charge in [-0.15, -0.1) is 0 Å². The topological polar surface area (TPSA) is 56.2 Å². The molecular formula is C13H18N4. The molecule has 0 aliphatic heterocycles. The third-order valence-electron chi connectivity index (χ3n) is 3.33. The lowest BCUT2D eigenvalue weighted by molar-refractivity contribution is 0.541. The Kier molecular flexibility index (Phi) is 1.94. The zero-order valence-electron chi connectivity index (χ0n) is 10.6. The van der Waals surface area contributed by atoms with Crippen molar-refractivity contribution in [2.45, 2.75) is 44.6 Å². The number of nitrogens with zero attached hydrogens (tertiary/aromatic N) is 3. The van der Waals surface area contributed by atoms with Crippen LogP contribution in [0.5, 0.6) is 0 Å². The van der Waals surface area contributed by atoms with E-state index in [2.05, 4.69) is 36.9 Å². The largest absolute Gasteiger partial charge is 0.320 e. The zero-order chi connectivity index (χ0) is 12.3. The number of rotatable bonds is 1. The predicted molar refractivity (Wildman–Crippen MR) is 66.8 cm³/mol. The first-order valence-electron chi connectivity index (χ1n) is 6.06. The van der Waals surface area contributed by atoms with Gasteiger partial charge in [0, 0.05) is 5.41 Å². The summed E-state index contributed by atoms with van der Waals surface area (Å²) in [6, 6.07) is 6.05. The molecule has 4 nitrogen and oxygen atoms in total. The van der Waals surface area contributed by atoms with Crippen molar-refractivity contribution in [2.75, 3.05) is 0 Å². The van der Waals surface area contributed by atoms with Gasteiger partial charge in [-0.25, -0.2) is 9.50 Å². The highest BCUT2D eigenvalue weighted by Crippen LogP contribution is 2.42. The second-order valence-corrected chi connectivity index (χ2v) is 6.02. The van der Waals surface area contributed by atoms with Gasteiger partial charge in [-0.05, 0) is 25.0 Å². The number of aromatic nitrogens is 3. The molecule has 2 aromatic rings. The normalized spacial score (nSPS) is 18.6. The number of hydrogen-bond acceptors (Lipinski definition) is 3. The van der Waals surface area contributed by atoms with Crippen LogP contribution < -0.4 is 5.73 Å². The lowest BCUT2D eigenvalue weighted by atomic mass is 9.96. The molecule has 2 aromatic heterocycles. The van der Waals surface area contributed by atoms with Gasteiger partial charge < -0.3 is 5.73 Å². The van der Waals surface area contributed by atoms with Gasteiger partial charge >= 0.3 is 0 Å². The molecule has 4 heteroatoms. The van der Waals surface area contributed by atoms with Crippen molar-refractivity contribution in [1.29, 1.82) is 0 Å². The SMILES string of the molecule is CC(C)(C)c1nc2cccc(C3(N)CC3)n2n1. The standard InChI is InChI=1S/C13H18N4/c1-12(2,3)11-15-10-6-4-5-9(17(10)16-11)13(14)7-8-13/h4-6H,7-8,14H2,1-3H3. The number of pyridine rings is 1. The van der Waals surface area contributed by atoms with Gasteiger partial charge in [-0.2, -0.15) is 5.10 Å². The molecule has 1 fully saturated rings. The smallest absolute Gasteiger partial charge is 0.157 e. The van der Waals surface area contributed by atoms with Crippen LogP contribution in [0.1, 0.15) is 45.1 Å². The van der Waals surface area contributed by atoms with Crippen molar-refractivity contribution >= 4 is 5.65 Å². The molecule has 0 saturated heterocycles. The molecule has 2 heterocycles. The molecule has 3 rings (SSSR count). The zero-order valence-corrected chi connectivity index (χ0v) is 10.6. The van der Waals surface area contributed by atoms with Crippen LogP contribution >= 0.6 is 0 Å². The second kappa shape index (κ2) is 3.07.